The number of aromatic nitrogens is 1. The maximum Gasteiger partial charge on any atom is 0.329 e. The van der Waals surface area contributed by atoms with Crippen LogP contribution in [0.25, 0.3) is 11.8 Å². The van der Waals surface area contributed by atoms with Crippen molar-refractivity contribution in [3.05, 3.63) is 93.9 Å². The molecule has 28 heavy (non-hydrogen) atoms. The highest BCUT2D eigenvalue weighted by atomic mass is 79.9. The van der Waals surface area contributed by atoms with Gasteiger partial charge in [-0.2, -0.15) is 0 Å². The van der Waals surface area contributed by atoms with Crippen molar-refractivity contribution in [2.24, 2.45) is 0 Å². The van der Waals surface area contributed by atoms with Crippen LogP contribution in [0.4, 0.5) is 4.79 Å². The van der Waals surface area contributed by atoms with Crippen molar-refractivity contribution in [2.45, 2.75) is 13.5 Å². The molecule has 6 heteroatoms. The molecule has 3 amide bonds. The lowest BCUT2D eigenvalue weighted by atomic mass is 10.1. The van der Waals surface area contributed by atoms with Gasteiger partial charge >= 0.3 is 6.03 Å². The zero-order valence-corrected chi connectivity index (χ0v) is 16.8. The van der Waals surface area contributed by atoms with Crippen LogP contribution in [0.1, 0.15) is 16.8 Å². The molecule has 5 nitrogen and oxygen atoms in total. The Balaban J connectivity index is 1.59. The number of carbonyl (C=O) groups is 2. The normalized spacial score (nSPS) is 15.4. The molecule has 140 valence electrons. The molecule has 0 bridgehead atoms. The summed E-state index contributed by atoms with van der Waals surface area (Å²) >= 11 is 3.43. The lowest BCUT2D eigenvalue weighted by Gasteiger charge is -2.12. The van der Waals surface area contributed by atoms with E-state index in [1.54, 1.807) is 6.08 Å². The second-order valence-electron chi connectivity index (χ2n) is 6.64. The van der Waals surface area contributed by atoms with Gasteiger partial charge in [-0.15, -0.1) is 0 Å². The van der Waals surface area contributed by atoms with Gasteiger partial charge in [0.05, 0.1) is 6.54 Å². The SMILES string of the molecule is Cc1ccc(CN2C(=O)N/C(=C\c3cccn3-c3ccc(Br)cc3)C2=O)cc1. The lowest BCUT2D eigenvalue weighted by Crippen LogP contribution is -2.30. The fraction of sp³-hybridized carbons (Fsp3) is 0.0909. The number of hydrogen-bond acceptors (Lipinski definition) is 2. The number of benzene rings is 2. The molecule has 1 saturated heterocycles. The highest BCUT2D eigenvalue weighted by Gasteiger charge is 2.33. The average molecular weight is 436 g/mol. The van der Waals surface area contributed by atoms with E-state index in [-0.39, 0.29) is 18.1 Å². The van der Waals surface area contributed by atoms with Crippen molar-refractivity contribution >= 4 is 33.9 Å². The number of hydrogen-bond donors (Lipinski definition) is 1. The maximum atomic E-state index is 12.8. The van der Waals surface area contributed by atoms with Crippen LogP contribution in [0.5, 0.6) is 0 Å². The summed E-state index contributed by atoms with van der Waals surface area (Å²) in [4.78, 5) is 26.3. The van der Waals surface area contributed by atoms with Gasteiger partial charge in [0.25, 0.3) is 5.91 Å². The van der Waals surface area contributed by atoms with Gasteiger partial charge in [0.15, 0.2) is 0 Å². The minimum absolute atomic E-state index is 0.246. The smallest absolute Gasteiger partial charge is 0.317 e. The van der Waals surface area contributed by atoms with E-state index >= 15 is 0 Å². The zero-order valence-electron chi connectivity index (χ0n) is 15.2. The molecule has 2 aromatic carbocycles. The highest BCUT2D eigenvalue weighted by Crippen LogP contribution is 2.21. The van der Waals surface area contributed by atoms with Crippen LogP contribution in [0.15, 0.2) is 77.0 Å². The van der Waals surface area contributed by atoms with E-state index < -0.39 is 6.03 Å². The molecule has 1 aliphatic heterocycles. The molecule has 3 aromatic rings. The molecular weight excluding hydrogens is 418 g/mol. The quantitative estimate of drug-likeness (QED) is 0.479. The number of imide groups is 1. The molecule has 1 aliphatic rings. The molecule has 1 N–H and O–H groups in total. The summed E-state index contributed by atoms with van der Waals surface area (Å²) in [7, 11) is 0. The molecule has 0 atom stereocenters. The first-order valence-electron chi connectivity index (χ1n) is 8.85. The Morgan fingerprint density at radius 1 is 1.00 bits per heavy atom. The van der Waals surface area contributed by atoms with Crippen LogP contribution >= 0.6 is 15.9 Å². The number of carbonyl (C=O) groups excluding carboxylic acids is 2. The summed E-state index contributed by atoms with van der Waals surface area (Å²) in [6, 6.07) is 19.1. The predicted molar refractivity (Wildman–Crippen MR) is 112 cm³/mol. The molecule has 0 aliphatic carbocycles. The van der Waals surface area contributed by atoms with E-state index in [4.69, 9.17) is 0 Å². The second-order valence-corrected chi connectivity index (χ2v) is 7.56. The Hall–Kier alpha value is -3.12. The summed E-state index contributed by atoms with van der Waals surface area (Å²) in [5, 5.41) is 2.69. The Morgan fingerprint density at radius 2 is 1.71 bits per heavy atom. The molecule has 0 unspecified atom stereocenters. The molecule has 1 fully saturated rings. The first kappa shape index (κ1) is 18.3. The van der Waals surface area contributed by atoms with Gasteiger partial charge in [-0.05, 0) is 55.0 Å². The molecular formula is C22H18BrN3O2. The first-order valence-corrected chi connectivity index (χ1v) is 9.64. The van der Waals surface area contributed by atoms with Crippen LogP contribution in [-0.4, -0.2) is 21.4 Å². The molecule has 0 saturated carbocycles. The van der Waals surface area contributed by atoms with E-state index in [2.05, 4.69) is 21.2 Å². The van der Waals surface area contributed by atoms with Crippen molar-refractivity contribution in [2.75, 3.05) is 0 Å². The van der Waals surface area contributed by atoms with Crippen LogP contribution in [0.2, 0.25) is 0 Å². The number of rotatable bonds is 4. The maximum absolute atomic E-state index is 12.8. The number of aryl methyl sites for hydroxylation is 1. The fourth-order valence-electron chi connectivity index (χ4n) is 3.09. The lowest BCUT2D eigenvalue weighted by molar-refractivity contribution is -0.123. The van der Waals surface area contributed by atoms with Crippen molar-refractivity contribution < 1.29 is 9.59 Å². The third-order valence-corrected chi connectivity index (χ3v) is 5.13. The largest absolute Gasteiger partial charge is 0.329 e. The van der Waals surface area contributed by atoms with Crippen molar-refractivity contribution in [3.63, 3.8) is 0 Å². The summed E-state index contributed by atoms with van der Waals surface area (Å²) in [5.41, 5.74) is 4.09. The number of urea groups is 1. The van der Waals surface area contributed by atoms with Crippen LogP contribution in [0.3, 0.4) is 0 Å². The van der Waals surface area contributed by atoms with Gasteiger partial charge in [0.1, 0.15) is 5.70 Å². The van der Waals surface area contributed by atoms with Gasteiger partial charge in [-0.1, -0.05) is 45.8 Å². The molecule has 2 heterocycles. The fourth-order valence-corrected chi connectivity index (χ4v) is 3.35. The van der Waals surface area contributed by atoms with Gasteiger partial charge in [0, 0.05) is 22.1 Å². The van der Waals surface area contributed by atoms with Crippen LogP contribution < -0.4 is 5.32 Å². The number of nitrogens with one attached hydrogen (secondary N) is 1. The average Bonchev–Trinajstić information content (AvgIpc) is 3.24. The van der Waals surface area contributed by atoms with E-state index in [0.717, 1.165) is 27.0 Å². The molecule has 0 spiro atoms. The van der Waals surface area contributed by atoms with E-state index in [0.29, 0.717) is 0 Å². The third kappa shape index (κ3) is 3.64. The summed E-state index contributed by atoms with van der Waals surface area (Å²) < 4.78 is 2.95. The first-order chi connectivity index (χ1) is 13.5. The van der Waals surface area contributed by atoms with Gasteiger partial charge in [0.2, 0.25) is 0 Å². The Labute approximate surface area is 171 Å². The van der Waals surface area contributed by atoms with E-state index in [9.17, 15) is 9.59 Å². The zero-order chi connectivity index (χ0) is 19.7. The number of halogens is 1. The molecule has 0 radical (unpaired) electrons. The van der Waals surface area contributed by atoms with Crippen LogP contribution in [0, 0.1) is 6.92 Å². The number of amides is 3. The topological polar surface area (TPSA) is 54.3 Å². The predicted octanol–water partition coefficient (Wildman–Crippen LogP) is 4.64. The summed E-state index contributed by atoms with van der Waals surface area (Å²) in [6.45, 7) is 2.24. The standard InChI is InChI=1S/C22H18BrN3O2/c1-15-4-6-16(7-5-15)14-26-21(27)20(24-22(26)28)13-19-3-2-12-25(19)18-10-8-17(23)9-11-18/h2-13H,14H2,1H3,(H,24,28)/b20-13-. The Bertz CT molecular complexity index is 1070. The Kier molecular flexibility index (Phi) is 4.88. The third-order valence-electron chi connectivity index (χ3n) is 4.60. The number of nitrogens with zero attached hydrogens (tertiary/aromatic N) is 2. The minimum atomic E-state index is -0.404. The second kappa shape index (κ2) is 7.48. The van der Waals surface area contributed by atoms with Gasteiger partial charge in [-0.3, -0.25) is 9.69 Å². The monoisotopic (exact) mass is 435 g/mol. The van der Waals surface area contributed by atoms with Crippen molar-refractivity contribution in [1.29, 1.82) is 0 Å². The van der Waals surface area contributed by atoms with Crippen molar-refractivity contribution in [1.82, 2.24) is 14.8 Å². The van der Waals surface area contributed by atoms with E-state index in [1.165, 1.54) is 4.90 Å². The summed E-state index contributed by atoms with van der Waals surface area (Å²) in [6.07, 6.45) is 3.62. The van der Waals surface area contributed by atoms with Crippen molar-refractivity contribution in [3.8, 4) is 5.69 Å². The van der Waals surface area contributed by atoms with Crippen LogP contribution in [-0.2, 0) is 11.3 Å². The van der Waals surface area contributed by atoms with E-state index in [1.807, 2.05) is 78.4 Å². The van der Waals surface area contributed by atoms with Gasteiger partial charge < -0.3 is 9.88 Å². The van der Waals surface area contributed by atoms with Gasteiger partial charge in [-0.25, -0.2) is 4.79 Å². The molecule has 1 aromatic heterocycles. The highest BCUT2D eigenvalue weighted by molar-refractivity contribution is 9.10. The summed E-state index contributed by atoms with van der Waals surface area (Å²) in [5.74, 6) is -0.325. The molecule has 4 rings (SSSR count). The minimum Gasteiger partial charge on any atom is -0.317 e. The Morgan fingerprint density at radius 3 is 2.43 bits per heavy atom.